The Morgan fingerprint density at radius 3 is 2.38 bits per heavy atom. The van der Waals surface area contributed by atoms with Crippen molar-refractivity contribution in [1.29, 1.82) is 0 Å². The molecule has 10 heteroatoms. The molecule has 3 heterocycles. The van der Waals surface area contributed by atoms with Crippen LogP contribution in [0.5, 0.6) is 0 Å². The van der Waals surface area contributed by atoms with E-state index in [-0.39, 0.29) is 11.5 Å². The van der Waals surface area contributed by atoms with Crippen molar-refractivity contribution < 1.29 is 27.9 Å². The van der Waals surface area contributed by atoms with E-state index >= 15 is 0 Å². The summed E-state index contributed by atoms with van der Waals surface area (Å²) < 4.78 is 33.6. The number of carboxylic acid groups (broad SMARTS) is 1. The average Bonchev–Trinajstić information content (AvgIpc) is 3.56. The number of halogens is 3. The van der Waals surface area contributed by atoms with Gasteiger partial charge in [-0.25, -0.2) is 4.79 Å². The Morgan fingerprint density at radius 1 is 1.12 bits per heavy atom. The first kappa shape index (κ1) is 23.5. The van der Waals surface area contributed by atoms with Gasteiger partial charge in [-0.05, 0) is 43.9 Å². The van der Waals surface area contributed by atoms with Crippen molar-refractivity contribution in [2.24, 2.45) is 5.92 Å². The lowest BCUT2D eigenvalue weighted by molar-refractivity contribution is -0.192. The van der Waals surface area contributed by atoms with Gasteiger partial charge in [0.05, 0.1) is 12.2 Å². The summed E-state index contributed by atoms with van der Waals surface area (Å²) in [5.41, 5.74) is 4.09. The molecule has 1 amide bonds. The van der Waals surface area contributed by atoms with Gasteiger partial charge in [0.1, 0.15) is 0 Å². The summed E-state index contributed by atoms with van der Waals surface area (Å²) in [6.45, 7) is 3.90. The van der Waals surface area contributed by atoms with Crippen LogP contribution < -0.4 is 5.56 Å². The summed E-state index contributed by atoms with van der Waals surface area (Å²) in [4.78, 5) is 40.3. The molecule has 1 N–H and O–H groups in total. The number of alkyl halides is 3. The van der Waals surface area contributed by atoms with Crippen molar-refractivity contribution in [2.75, 3.05) is 13.1 Å². The van der Waals surface area contributed by atoms with Crippen LogP contribution in [0.15, 0.2) is 35.1 Å². The summed E-state index contributed by atoms with van der Waals surface area (Å²) in [7, 11) is 0. The average molecular weight is 451 g/mol. The molecule has 0 saturated heterocycles. The Labute approximate surface area is 182 Å². The molecule has 0 atom stereocenters. The second kappa shape index (κ2) is 9.54. The summed E-state index contributed by atoms with van der Waals surface area (Å²) in [6, 6.07) is 9.47. The van der Waals surface area contributed by atoms with Crippen LogP contribution in [0.3, 0.4) is 0 Å². The van der Waals surface area contributed by atoms with Crippen LogP contribution >= 0.6 is 0 Å². The molecule has 1 aliphatic heterocycles. The molecular weight excluding hydrogens is 427 g/mol. The molecule has 0 spiro atoms. The molecule has 1 aliphatic carbocycles. The first-order chi connectivity index (χ1) is 15.1. The summed E-state index contributed by atoms with van der Waals surface area (Å²) in [5, 5.41) is 7.12. The zero-order valence-electron chi connectivity index (χ0n) is 17.6. The predicted molar refractivity (Wildman–Crippen MR) is 109 cm³/mol. The molecule has 172 valence electrons. The van der Waals surface area contributed by atoms with Crippen LogP contribution in [-0.2, 0) is 29.0 Å². The third-order valence-electron chi connectivity index (χ3n) is 5.41. The number of pyridine rings is 2. The Kier molecular flexibility index (Phi) is 7.00. The molecule has 2 aliphatic rings. The van der Waals surface area contributed by atoms with Crippen LogP contribution in [0.1, 0.15) is 35.5 Å². The number of aliphatic carboxylic acids is 1. The number of nitrogens with zero attached hydrogens (tertiary/aromatic N) is 3. The van der Waals surface area contributed by atoms with E-state index in [1.54, 1.807) is 6.07 Å². The van der Waals surface area contributed by atoms with E-state index in [4.69, 9.17) is 9.90 Å². The van der Waals surface area contributed by atoms with Crippen LogP contribution in [0.25, 0.3) is 0 Å². The van der Waals surface area contributed by atoms with Crippen LogP contribution in [0.2, 0.25) is 0 Å². The van der Waals surface area contributed by atoms with Gasteiger partial charge in [0, 0.05) is 42.9 Å². The molecule has 7 nitrogen and oxygen atoms in total. The third-order valence-corrected chi connectivity index (χ3v) is 5.41. The Balaban J connectivity index is 0.000000360. The van der Waals surface area contributed by atoms with E-state index in [0.29, 0.717) is 19.0 Å². The minimum atomic E-state index is -5.08. The number of aryl methyl sites for hydroxylation is 1. The number of aromatic nitrogens is 2. The highest BCUT2D eigenvalue weighted by Gasteiger charge is 2.38. The standard InChI is InChI=1S/C20H23N3O2.C2HF3O2/c1-14-3-2-4-17(21-14)13-23-18-10-12-22(20(25)16-5-6-16)11-9-15(18)7-8-19(23)24;3-2(4,5)1(6)7/h2-4,7-8,16H,5-6,9-13H2,1H3;(H,6,7). The van der Waals surface area contributed by atoms with Crippen LogP contribution in [-0.4, -0.2) is 50.7 Å². The number of rotatable bonds is 3. The lowest BCUT2D eigenvalue weighted by atomic mass is 10.1. The quantitative estimate of drug-likeness (QED) is 0.775. The minimum Gasteiger partial charge on any atom is -0.475 e. The highest BCUT2D eigenvalue weighted by atomic mass is 19.4. The Morgan fingerprint density at radius 2 is 1.78 bits per heavy atom. The molecule has 32 heavy (non-hydrogen) atoms. The molecule has 1 fully saturated rings. The topological polar surface area (TPSA) is 92.5 Å². The van der Waals surface area contributed by atoms with Crippen molar-refractivity contribution in [3.63, 3.8) is 0 Å². The van der Waals surface area contributed by atoms with E-state index < -0.39 is 12.1 Å². The van der Waals surface area contributed by atoms with E-state index in [1.807, 2.05) is 40.7 Å². The van der Waals surface area contributed by atoms with Gasteiger partial charge in [0.15, 0.2) is 0 Å². The highest BCUT2D eigenvalue weighted by Crippen LogP contribution is 2.31. The van der Waals surface area contributed by atoms with E-state index in [9.17, 15) is 22.8 Å². The lowest BCUT2D eigenvalue weighted by Gasteiger charge is -2.20. The van der Waals surface area contributed by atoms with Gasteiger partial charge in [-0.15, -0.1) is 0 Å². The minimum absolute atomic E-state index is 0.00373. The number of carbonyl (C=O) groups is 2. The first-order valence-corrected chi connectivity index (χ1v) is 10.3. The Bertz CT molecular complexity index is 1060. The fraction of sp³-hybridized carbons (Fsp3) is 0.455. The molecule has 4 rings (SSSR count). The molecule has 2 aromatic heterocycles. The number of fused-ring (bicyclic) bond motifs is 1. The number of carbonyl (C=O) groups excluding carboxylic acids is 1. The molecule has 2 aromatic rings. The SMILES string of the molecule is Cc1cccc(Cn2c3c(ccc2=O)CCN(C(=O)C2CC2)CC3)n1.O=C(O)C(F)(F)F. The van der Waals surface area contributed by atoms with Gasteiger partial charge in [-0.1, -0.05) is 12.1 Å². The number of hydrogen-bond donors (Lipinski definition) is 1. The van der Waals surface area contributed by atoms with Gasteiger partial charge in [0.25, 0.3) is 5.56 Å². The maximum atomic E-state index is 12.5. The summed E-state index contributed by atoms with van der Waals surface area (Å²) >= 11 is 0. The van der Waals surface area contributed by atoms with Crippen LogP contribution in [0, 0.1) is 12.8 Å². The zero-order valence-corrected chi connectivity index (χ0v) is 17.6. The largest absolute Gasteiger partial charge is 0.490 e. The van der Waals surface area contributed by atoms with Gasteiger partial charge in [-0.2, -0.15) is 13.2 Å². The maximum Gasteiger partial charge on any atom is 0.490 e. The smallest absolute Gasteiger partial charge is 0.475 e. The predicted octanol–water partition coefficient (Wildman–Crippen LogP) is 2.57. The van der Waals surface area contributed by atoms with E-state index in [0.717, 1.165) is 49.3 Å². The molecular formula is C22H24F3N3O4. The van der Waals surface area contributed by atoms with E-state index in [2.05, 4.69) is 4.98 Å². The summed E-state index contributed by atoms with van der Waals surface area (Å²) in [6.07, 6.45) is -1.47. The second-order valence-corrected chi connectivity index (χ2v) is 7.90. The fourth-order valence-electron chi connectivity index (χ4n) is 3.63. The molecule has 0 unspecified atom stereocenters. The van der Waals surface area contributed by atoms with Gasteiger partial charge in [0.2, 0.25) is 5.91 Å². The molecule has 0 radical (unpaired) electrons. The van der Waals surface area contributed by atoms with Crippen molar-refractivity contribution >= 4 is 11.9 Å². The maximum absolute atomic E-state index is 12.5. The van der Waals surface area contributed by atoms with Crippen LogP contribution in [0.4, 0.5) is 13.2 Å². The third kappa shape index (κ3) is 5.95. The second-order valence-electron chi connectivity index (χ2n) is 7.90. The normalized spacial score (nSPS) is 15.8. The van der Waals surface area contributed by atoms with Crippen molar-refractivity contribution in [3.8, 4) is 0 Å². The van der Waals surface area contributed by atoms with Crippen molar-refractivity contribution in [2.45, 2.75) is 45.3 Å². The first-order valence-electron chi connectivity index (χ1n) is 10.3. The van der Waals surface area contributed by atoms with Gasteiger partial charge >= 0.3 is 12.1 Å². The van der Waals surface area contributed by atoms with E-state index in [1.165, 1.54) is 5.56 Å². The lowest BCUT2D eigenvalue weighted by Crippen LogP contribution is -2.34. The summed E-state index contributed by atoms with van der Waals surface area (Å²) in [5.74, 6) is -2.21. The zero-order chi connectivity index (χ0) is 23.5. The number of amides is 1. The Hall–Kier alpha value is -3.17. The van der Waals surface area contributed by atoms with Gasteiger partial charge in [-0.3, -0.25) is 14.6 Å². The number of carboxylic acids is 1. The van der Waals surface area contributed by atoms with Crippen molar-refractivity contribution in [1.82, 2.24) is 14.5 Å². The highest BCUT2D eigenvalue weighted by molar-refractivity contribution is 5.81. The van der Waals surface area contributed by atoms with Gasteiger partial charge < -0.3 is 14.6 Å². The van der Waals surface area contributed by atoms with Crippen molar-refractivity contribution in [3.05, 3.63) is 63.3 Å². The monoisotopic (exact) mass is 451 g/mol. The number of hydrogen-bond acceptors (Lipinski definition) is 4. The fourth-order valence-corrected chi connectivity index (χ4v) is 3.63. The molecule has 1 saturated carbocycles. The molecule has 0 bridgehead atoms. The molecule has 0 aromatic carbocycles.